The van der Waals surface area contributed by atoms with Crippen LogP contribution in [0.15, 0.2) is 24.3 Å². The van der Waals surface area contributed by atoms with Crippen molar-refractivity contribution in [3.63, 3.8) is 0 Å². The van der Waals surface area contributed by atoms with Crippen LogP contribution >= 0.6 is 0 Å². The van der Waals surface area contributed by atoms with E-state index in [2.05, 4.69) is 12.2 Å². The summed E-state index contributed by atoms with van der Waals surface area (Å²) in [6.45, 7) is 2.10. The molecule has 4 nitrogen and oxygen atoms in total. The van der Waals surface area contributed by atoms with E-state index in [9.17, 15) is 4.79 Å². The van der Waals surface area contributed by atoms with Gasteiger partial charge in [0.15, 0.2) is 0 Å². The van der Waals surface area contributed by atoms with Gasteiger partial charge in [-0.1, -0.05) is 31.9 Å². The zero-order valence-electron chi connectivity index (χ0n) is 11.0. The van der Waals surface area contributed by atoms with Gasteiger partial charge in [-0.05, 0) is 30.5 Å². The molecule has 0 saturated heterocycles. The Kier molecular flexibility index (Phi) is 6.05. The highest BCUT2D eigenvalue weighted by atomic mass is 16.5. The Hall–Kier alpha value is -1.71. The number of ether oxygens (including phenoxy) is 1. The maximum Gasteiger partial charge on any atom is 0.404 e. The predicted molar refractivity (Wildman–Crippen MR) is 71.2 cm³/mol. The van der Waals surface area contributed by atoms with E-state index in [1.165, 1.54) is 0 Å². The molecule has 0 heterocycles. The van der Waals surface area contributed by atoms with Crippen LogP contribution in [0.3, 0.4) is 0 Å². The number of methoxy groups -OCH3 is 1. The summed E-state index contributed by atoms with van der Waals surface area (Å²) in [5, 5.41) is 11.4. The van der Waals surface area contributed by atoms with Crippen LogP contribution in [-0.4, -0.2) is 24.4 Å². The molecule has 18 heavy (non-hydrogen) atoms. The molecule has 0 fully saturated rings. The summed E-state index contributed by atoms with van der Waals surface area (Å²) < 4.78 is 5.16. The van der Waals surface area contributed by atoms with E-state index in [4.69, 9.17) is 9.84 Å². The number of hydrogen-bond acceptors (Lipinski definition) is 2. The minimum absolute atomic E-state index is 0.0328. The van der Waals surface area contributed by atoms with Crippen molar-refractivity contribution in [3.8, 4) is 5.75 Å². The zero-order valence-corrected chi connectivity index (χ0v) is 11.0. The second kappa shape index (κ2) is 7.58. The fraction of sp³-hybridized carbons (Fsp3) is 0.500. The molecule has 0 bridgehead atoms. The van der Waals surface area contributed by atoms with Crippen molar-refractivity contribution in [1.82, 2.24) is 5.32 Å². The molecule has 0 unspecified atom stereocenters. The van der Waals surface area contributed by atoms with Gasteiger partial charge in [-0.3, -0.25) is 0 Å². The summed E-state index contributed by atoms with van der Waals surface area (Å²) in [6, 6.07) is 7.71. The van der Waals surface area contributed by atoms with E-state index in [1.54, 1.807) is 7.11 Å². The summed E-state index contributed by atoms with van der Waals surface area (Å²) >= 11 is 0. The van der Waals surface area contributed by atoms with Crippen LogP contribution in [-0.2, 0) is 6.42 Å². The van der Waals surface area contributed by atoms with E-state index >= 15 is 0 Å². The fourth-order valence-electron chi connectivity index (χ4n) is 1.93. The summed E-state index contributed by atoms with van der Waals surface area (Å²) in [6.07, 6.45) is 2.69. The number of unbranched alkanes of at least 4 members (excludes halogenated alkanes) is 1. The van der Waals surface area contributed by atoms with Gasteiger partial charge >= 0.3 is 6.09 Å². The van der Waals surface area contributed by atoms with E-state index < -0.39 is 6.09 Å². The van der Waals surface area contributed by atoms with Gasteiger partial charge in [0.25, 0.3) is 0 Å². The van der Waals surface area contributed by atoms with E-state index in [0.29, 0.717) is 6.42 Å². The number of amides is 1. The highest BCUT2D eigenvalue weighted by Gasteiger charge is 2.12. The van der Waals surface area contributed by atoms with E-state index in [-0.39, 0.29) is 6.04 Å². The Morgan fingerprint density at radius 2 is 2.28 bits per heavy atom. The SMILES string of the molecule is CCCC[C@@H](Cc1cccc(OC)c1)NC(=O)O. The van der Waals surface area contributed by atoms with Gasteiger partial charge in [0.1, 0.15) is 5.75 Å². The van der Waals surface area contributed by atoms with Gasteiger partial charge in [-0.15, -0.1) is 0 Å². The van der Waals surface area contributed by atoms with Crippen molar-refractivity contribution in [3.05, 3.63) is 29.8 Å². The first-order chi connectivity index (χ1) is 8.65. The summed E-state index contributed by atoms with van der Waals surface area (Å²) in [5.41, 5.74) is 1.09. The van der Waals surface area contributed by atoms with E-state index in [1.807, 2.05) is 24.3 Å². The molecule has 1 aromatic rings. The average molecular weight is 251 g/mol. The lowest BCUT2D eigenvalue weighted by molar-refractivity contribution is 0.188. The van der Waals surface area contributed by atoms with Crippen LogP contribution < -0.4 is 10.1 Å². The second-order valence-electron chi connectivity index (χ2n) is 4.34. The summed E-state index contributed by atoms with van der Waals surface area (Å²) in [5.74, 6) is 0.803. The molecule has 0 aliphatic carbocycles. The molecule has 0 saturated carbocycles. The molecule has 0 aliphatic heterocycles. The normalized spacial score (nSPS) is 11.9. The van der Waals surface area contributed by atoms with Crippen LogP contribution in [0.2, 0.25) is 0 Å². The lowest BCUT2D eigenvalue weighted by Crippen LogP contribution is -2.35. The van der Waals surface area contributed by atoms with Gasteiger partial charge < -0.3 is 15.2 Å². The predicted octanol–water partition coefficient (Wildman–Crippen LogP) is 3.06. The number of carbonyl (C=O) groups is 1. The Balaban J connectivity index is 2.65. The molecule has 0 spiro atoms. The first kappa shape index (κ1) is 14.4. The summed E-state index contributed by atoms with van der Waals surface area (Å²) in [4.78, 5) is 10.8. The van der Waals surface area contributed by atoms with Gasteiger partial charge in [-0.25, -0.2) is 4.79 Å². The minimum atomic E-state index is -0.959. The fourth-order valence-corrected chi connectivity index (χ4v) is 1.93. The average Bonchev–Trinajstić information content (AvgIpc) is 2.35. The third kappa shape index (κ3) is 5.08. The number of hydrogen-bond donors (Lipinski definition) is 2. The Bertz CT molecular complexity index is 379. The molecule has 0 aromatic heterocycles. The summed E-state index contributed by atoms with van der Waals surface area (Å²) in [7, 11) is 1.63. The molecule has 4 heteroatoms. The van der Waals surface area contributed by atoms with Crippen molar-refractivity contribution in [1.29, 1.82) is 0 Å². The number of benzene rings is 1. The molecule has 1 amide bonds. The Labute approximate surface area is 108 Å². The first-order valence-corrected chi connectivity index (χ1v) is 6.28. The molecule has 1 atom stereocenters. The number of nitrogens with one attached hydrogen (secondary N) is 1. The standard InChI is InChI=1S/C14H21NO3/c1-3-4-7-12(15-14(16)17)9-11-6-5-8-13(10-11)18-2/h5-6,8,10,12,15H,3-4,7,9H2,1-2H3,(H,16,17)/t12-/m0/s1. The van der Waals surface area contributed by atoms with Gasteiger partial charge in [0.05, 0.1) is 7.11 Å². The van der Waals surface area contributed by atoms with Crippen molar-refractivity contribution >= 4 is 6.09 Å². The molecule has 100 valence electrons. The second-order valence-corrected chi connectivity index (χ2v) is 4.34. The molecular weight excluding hydrogens is 230 g/mol. The van der Waals surface area contributed by atoms with Gasteiger partial charge in [-0.2, -0.15) is 0 Å². The monoisotopic (exact) mass is 251 g/mol. The van der Waals surface area contributed by atoms with Crippen molar-refractivity contribution in [2.75, 3.05) is 7.11 Å². The third-order valence-electron chi connectivity index (χ3n) is 2.85. The lowest BCUT2D eigenvalue weighted by Gasteiger charge is -2.17. The highest BCUT2D eigenvalue weighted by Crippen LogP contribution is 2.15. The molecule has 0 radical (unpaired) electrons. The number of carboxylic acid groups (broad SMARTS) is 1. The first-order valence-electron chi connectivity index (χ1n) is 6.28. The van der Waals surface area contributed by atoms with Crippen molar-refractivity contribution in [2.45, 2.75) is 38.6 Å². The van der Waals surface area contributed by atoms with Crippen LogP contribution in [0.4, 0.5) is 4.79 Å². The Morgan fingerprint density at radius 1 is 1.50 bits per heavy atom. The smallest absolute Gasteiger partial charge is 0.404 e. The van der Waals surface area contributed by atoms with Crippen LogP contribution in [0, 0.1) is 0 Å². The zero-order chi connectivity index (χ0) is 13.4. The van der Waals surface area contributed by atoms with Crippen molar-refractivity contribution in [2.24, 2.45) is 0 Å². The molecule has 0 aliphatic rings. The van der Waals surface area contributed by atoms with Gasteiger partial charge in [0, 0.05) is 6.04 Å². The Morgan fingerprint density at radius 3 is 2.89 bits per heavy atom. The van der Waals surface area contributed by atoms with Crippen LogP contribution in [0.1, 0.15) is 31.7 Å². The molecular formula is C14H21NO3. The van der Waals surface area contributed by atoms with Gasteiger partial charge in [0.2, 0.25) is 0 Å². The van der Waals surface area contributed by atoms with Crippen LogP contribution in [0.5, 0.6) is 5.75 Å². The topological polar surface area (TPSA) is 58.6 Å². The minimum Gasteiger partial charge on any atom is -0.497 e. The van der Waals surface area contributed by atoms with E-state index in [0.717, 1.165) is 30.6 Å². The van der Waals surface area contributed by atoms with Crippen molar-refractivity contribution < 1.29 is 14.6 Å². The quantitative estimate of drug-likeness (QED) is 0.783. The highest BCUT2D eigenvalue weighted by molar-refractivity contribution is 5.64. The number of rotatable bonds is 7. The largest absolute Gasteiger partial charge is 0.497 e. The lowest BCUT2D eigenvalue weighted by atomic mass is 10.0. The van der Waals surface area contributed by atoms with Crippen LogP contribution in [0.25, 0.3) is 0 Å². The molecule has 2 N–H and O–H groups in total. The molecule has 1 aromatic carbocycles. The maximum absolute atomic E-state index is 10.8. The maximum atomic E-state index is 10.8. The third-order valence-corrected chi connectivity index (χ3v) is 2.85. The molecule has 1 rings (SSSR count).